The Kier molecular flexibility index (Phi) is 5.02. The third-order valence-electron chi connectivity index (χ3n) is 5.81. The summed E-state index contributed by atoms with van der Waals surface area (Å²) in [6.07, 6.45) is 3.82. The van der Waals surface area contributed by atoms with Gasteiger partial charge in [0, 0.05) is 18.6 Å². The van der Waals surface area contributed by atoms with Gasteiger partial charge in [0.05, 0.1) is 5.92 Å². The smallest absolute Gasteiger partial charge is 0.224 e. The number of hydrogen-bond acceptors (Lipinski definition) is 2. The number of benzene rings is 2. The molecule has 2 aliphatic rings. The van der Waals surface area contributed by atoms with E-state index >= 15 is 0 Å². The first-order valence-electron chi connectivity index (χ1n) is 9.55. The summed E-state index contributed by atoms with van der Waals surface area (Å²) in [5.41, 5.74) is 2.23. The molecule has 2 aliphatic heterocycles. The van der Waals surface area contributed by atoms with Crippen molar-refractivity contribution in [2.75, 3.05) is 13.1 Å². The highest BCUT2D eigenvalue weighted by molar-refractivity contribution is 5.80. The van der Waals surface area contributed by atoms with Gasteiger partial charge in [0.15, 0.2) is 0 Å². The molecule has 0 radical (unpaired) electrons. The Morgan fingerprint density at radius 3 is 2.81 bits per heavy atom. The summed E-state index contributed by atoms with van der Waals surface area (Å²) < 4.78 is 13.3. The highest BCUT2D eigenvalue weighted by Gasteiger charge is 2.46. The van der Waals surface area contributed by atoms with Crippen LogP contribution in [0.3, 0.4) is 0 Å². The fourth-order valence-electron chi connectivity index (χ4n) is 4.61. The van der Waals surface area contributed by atoms with Gasteiger partial charge in [0.1, 0.15) is 5.82 Å². The molecule has 3 nitrogen and oxygen atoms in total. The fraction of sp³-hybridized carbons (Fsp3) is 0.409. The van der Waals surface area contributed by atoms with Gasteiger partial charge in [-0.25, -0.2) is 4.39 Å². The van der Waals surface area contributed by atoms with Crippen molar-refractivity contribution in [3.05, 3.63) is 71.5 Å². The molecule has 2 saturated heterocycles. The number of fused-ring (bicyclic) bond motifs is 1. The molecule has 1 N–H and O–H groups in total. The number of nitrogens with one attached hydrogen (secondary N) is 1. The molecule has 2 fully saturated rings. The van der Waals surface area contributed by atoms with Crippen molar-refractivity contribution in [2.45, 2.75) is 37.8 Å². The standard InChI is InChI=1S/C22H25FN2O/c23-18-9-4-6-16(14-18)11-12-24-22(26)19-15-21(17-7-2-1-3-8-17)25-13-5-10-20(19)25/h1-4,6-9,14,19-21H,5,10-13,15H2,(H,24,26)/t19-,20+,21-/m0/s1. The van der Waals surface area contributed by atoms with E-state index < -0.39 is 0 Å². The van der Waals surface area contributed by atoms with E-state index in [0.29, 0.717) is 25.0 Å². The highest BCUT2D eigenvalue weighted by Crippen LogP contribution is 2.44. The summed E-state index contributed by atoms with van der Waals surface area (Å²) in [4.78, 5) is 15.3. The summed E-state index contributed by atoms with van der Waals surface area (Å²) >= 11 is 0. The molecule has 0 aromatic heterocycles. The van der Waals surface area contributed by atoms with Gasteiger partial charge < -0.3 is 5.32 Å². The highest BCUT2D eigenvalue weighted by atomic mass is 19.1. The van der Waals surface area contributed by atoms with E-state index in [4.69, 9.17) is 0 Å². The van der Waals surface area contributed by atoms with Crippen molar-refractivity contribution in [1.29, 1.82) is 0 Å². The minimum atomic E-state index is -0.225. The average molecular weight is 352 g/mol. The first kappa shape index (κ1) is 17.2. The Labute approximate surface area is 154 Å². The number of carbonyl (C=O) groups excluding carboxylic acids is 1. The number of amides is 1. The van der Waals surface area contributed by atoms with E-state index in [1.54, 1.807) is 6.07 Å². The van der Waals surface area contributed by atoms with Crippen LogP contribution in [-0.4, -0.2) is 29.9 Å². The number of hydrogen-bond donors (Lipinski definition) is 1. The zero-order chi connectivity index (χ0) is 17.9. The Balaban J connectivity index is 1.38. The summed E-state index contributed by atoms with van der Waals surface area (Å²) in [6.45, 7) is 1.64. The Morgan fingerprint density at radius 2 is 2.00 bits per heavy atom. The lowest BCUT2D eigenvalue weighted by atomic mass is 9.93. The van der Waals surface area contributed by atoms with Gasteiger partial charge in [-0.15, -0.1) is 0 Å². The number of rotatable bonds is 5. The average Bonchev–Trinajstić information content (AvgIpc) is 3.25. The van der Waals surface area contributed by atoms with Crippen LogP contribution in [0, 0.1) is 11.7 Å². The monoisotopic (exact) mass is 352 g/mol. The second-order valence-electron chi connectivity index (χ2n) is 7.39. The zero-order valence-corrected chi connectivity index (χ0v) is 14.9. The lowest BCUT2D eigenvalue weighted by Gasteiger charge is -2.24. The minimum absolute atomic E-state index is 0.0511. The Hall–Kier alpha value is -2.20. The van der Waals surface area contributed by atoms with Crippen LogP contribution >= 0.6 is 0 Å². The molecule has 136 valence electrons. The molecule has 0 bridgehead atoms. The first-order chi connectivity index (χ1) is 12.7. The third kappa shape index (κ3) is 3.51. The van der Waals surface area contributed by atoms with Gasteiger partial charge in [-0.1, -0.05) is 42.5 Å². The van der Waals surface area contributed by atoms with Crippen LogP contribution in [0.1, 0.15) is 36.4 Å². The SMILES string of the molecule is O=C(NCCc1cccc(F)c1)[C@H]1C[C@@H](c2ccccc2)N2CCC[C@H]12. The van der Waals surface area contributed by atoms with E-state index in [1.807, 2.05) is 12.1 Å². The number of carbonyl (C=O) groups is 1. The normalized spacial score (nSPS) is 25.2. The molecular weight excluding hydrogens is 327 g/mol. The second-order valence-corrected chi connectivity index (χ2v) is 7.39. The summed E-state index contributed by atoms with van der Waals surface area (Å²) in [5.74, 6) is -0.0242. The maximum atomic E-state index is 13.3. The van der Waals surface area contributed by atoms with Crippen LogP contribution in [0.25, 0.3) is 0 Å². The van der Waals surface area contributed by atoms with Gasteiger partial charge in [-0.05, 0) is 55.5 Å². The first-order valence-corrected chi connectivity index (χ1v) is 9.55. The van der Waals surface area contributed by atoms with Crippen molar-refractivity contribution >= 4 is 5.91 Å². The van der Waals surface area contributed by atoms with Gasteiger partial charge in [0.25, 0.3) is 0 Å². The molecular formula is C22H25FN2O. The van der Waals surface area contributed by atoms with Crippen LogP contribution < -0.4 is 5.32 Å². The lowest BCUT2D eigenvalue weighted by molar-refractivity contribution is -0.125. The van der Waals surface area contributed by atoms with E-state index in [0.717, 1.165) is 24.9 Å². The molecule has 0 saturated carbocycles. The van der Waals surface area contributed by atoms with Crippen molar-refractivity contribution in [3.63, 3.8) is 0 Å². The summed E-state index contributed by atoms with van der Waals surface area (Å²) in [7, 11) is 0. The topological polar surface area (TPSA) is 32.3 Å². The third-order valence-corrected chi connectivity index (χ3v) is 5.81. The molecule has 2 heterocycles. The van der Waals surface area contributed by atoms with E-state index in [-0.39, 0.29) is 17.6 Å². The van der Waals surface area contributed by atoms with Gasteiger partial charge in [-0.3, -0.25) is 9.69 Å². The molecule has 1 amide bonds. The predicted octanol–water partition coefficient (Wildman–Crippen LogP) is 3.71. The van der Waals surface area contributed by atoms with Crippen LogP contribution in [-0.2, 0) is 11.2 Å². The second kappa shape index (κ2) is 7.58. The zero-order valence-electron chi connectivity index (χ0n) is 14.9. The maximum absolute atomic E-state index is 13.3. The summed E-state index contributed by atoms with van der Waals surface area (Å²) in [6, 6.07) is 17.8. The molecule has 0 unspecified atom stereocenters. The number of halogens is 1. The van der Waals surface area contributed by atoms with Crippen molar-refractivity contribution in [2.24, 2.45) is 5.92 Å². The molecule has 26 heavy (non-hydrogen) atoms. The molecule has 4 heteroatoms. The Bertz CT molecular complexity index is 764. The molecule has 0 spiro atoms. The fourth-order valence-corrected chi connectivity index (χ4v) is 4.61. The number of nitrogens with zero attached hydrogens (tertiary/aromatic N) is 1. The van der Waals surface area contributed by atoms with Crippen LogP contribution in [0.5, 0.6) is 0 Å². The summed E-state index contributed by atoms with van der Waals surface area (Å²) in [5, 5.41) is 3.09. The van der Waals surface area contributed by atoms with Crippen LogP contribution in [0.4, 0.5) is 4.39 Å². The van der Waals surface area contributed by atoms with Crippen LogP contribution in [0.2, 0.25) is 0 Å². The quantitative estimate of drug-likeness (QED) is 0.890. The van der Waals surface area contributed by atoms with Crippen molar-refractivity contribution in [1.82, 2.24) is 10.2 Å². The largest absolute Gasteiger partial charge is 0.355 e. The van der Waals surface area contributed by atoms with E-state index in [2.05, 4.69) is 34.5 Å². The minimum Gasteiger partial charge on any atom is -0.355 e. The van der Waals surface area contributed by atoms with Gasteiger partial charge in [0.2, 0.25) is 5.91 Å². The lowest BCUT2D eigenvalue weighted by Crippen LogP contribution is -2.38. The molecule has 0 aliphatic carbocycles. The van der Waals surface area contributed by atoms with Crippen LogP contribution in [0.15, 0.2) is 54.6 Å². The molecule has 2 aromatic rings. The maximum Gasteiger partial charge on any atom is 0.224 e. The van der Waals surface area contributed by atoms with Gasteiger partial charge in [-0.2, -0.15) is 0 Å². The molecule has 3 atom stereocenters. The van der Waals surface area contributed by atoms with E-state index in [9.17, 15) is 9.18 Å². The Morgan fingerprint density at radius 1 is 1.15 bits per heavy atom. The van der Waals surface area contributed by atoms with Crippen molar-refractivity contribution < 1.29 is 9.18 Å². The predicted molar refractivity (Wildman–Crippen MR) is 100 cm³/mol. The van der Waals surface area contributed by atoms with Crippen molar-refractivity contribution in [3.8, 4) is 0 Å². The molecule has 2 aromatic carbocycles. The molecule has 4 rings (SSSR count). The van der Waals surface area contributed by atoms with E-state index in [1.165, 1.54) is 24.1 Å². The van der Waals surface area contributed by atoms with Gasteiger partial charge >= 0.3 is 0 Å².